The van der Waals surface area contributed by atoms with Crippen LogP contribution in [-0.2, 0) is 20.6 Å². The molecular weight excluding hydrogens is 405 g/mol. The Kier molecular flexibility index (Phi) is 6.66. The topological polar surface area (TPSA) is 69.7 Å². The second kappa shape index (κ2) is 9.00. The molecule has 0 spiro atoms. The Balaban J connectivity index is 1.51. The van der Waals surface area contributed by atoms with E-state index in [1.807, 2.05) is 4.90 Å². The smallest absolute Gasteiger partial charge is 0.238 e. The summed E-state index contributed by atoms with van der Waals surface area (Å²) < 4.78 is 39.8. The normalized spacial score (nSPS) is 16.1. The third kappa shape index (κ3) is 5.51. The maximum absolute atomic E-state index is 13.3. The van der Waals surface area contributed by atoms with Gasteiger partial charge in [0.1, 0.15) is 5.82 Å². The minimum Gasteiger partial charge on any atom is -0.324 e. The maximum Gasteiger partial charge on any atom is 0.238 e. The summed E-state index contributed by atoms with van der Waals surface area (Å²) in [5, 5.41) is 3.22. The summed E-state index contributed by atoms with van der Waals surface area (Å²) in [6.07, 6.45) is 0. The Labute approximate surface area is 168 Å². The summed E-state index contributed by atoms with van der Waals surface area (Å²) in [4.78, 5) is 14.1. The van der Waals surface area contributed by atoms with Crippen LogP contribution < -0.4 is 5.32 Å². The molecule has 0 atom stereocenters. The number of anilines is 1. The van der Waals surface area contributed by atoms with Gasteiger partial charge in [0.25, 0.3) is 0 Å². The summed E-state index contributed by atoms with van der Waals surface area (Å²) in [5.74, 6) is -0.899. The number of halogens is 2. The zero-order chi connectivity index (χ0) is 20.1. The van der Waals surface area contributed by atoms with Crippen molar-refractivity contribution in [1.29, 1.82) is 0 Å². The van der Waals surface area contributed by atoms with E-state index in [-0.39, 0.29) is 31.3 Å². The van der Waals surface area contributed by atoms with Crippen LogP contribution in [0.15, 0.2) is 48.5 Å². The zero-order valence-electron chi connectivity index (χ0n) is 15.1. The third-order valence-corrected chi connectivity index (χ3v) is 6.66. The zero-order valence-corrected chi connectivity index (χ0v) is 16.7. The van der Waals surface area contributed by atoms with Gasteiger partial charge < -0.3 is 5.32 Å². The molecule has 0 unspecified atom stereocenters. The Bertz CT molecular complexity index is 947. The van der Waals surface area contributed by atoms with Crippen molar-refractivity contribution in [1.82, 2.24) is 9.21 Å². The number of carbonyl (C=O) groups excluding carboxylic acids is 1. The van der Waals surface area contributed by atoms with Gasteiger partial charge in [0.15, 0.2) is 0 Å². The fraction of sp³-hybridized carbons (Fsp3) is 0.316. The van der Waals surface area contributed by atoms with E-state index in [1.165, 1.54) is 22.5 Å². The summed E-state index contributed by atoms with van der Waals surface area (Å²) in [7, 11) is -3.54. The lowest BCUT2D eigenvalue weighted by Gasteiger charge is -2.33. The predicted molar refractivity (Wildman–Crippen MR) is 107 cm³/mol. The third-order valence-electron chi connectivity index (χ3n) is 4.48. The molecule has 3 rings (SSSR count). The molecule has 9 heteroatoms. The molecule has 1 fully saturated rings. The molecule has 0 aromatic heterocycles. The molecule has 150 valence electrons. The van der Waals surface area contributed by atoms with E-state index in [1.54, 1.807) is 30.3 Å². The number of piperazine rings is 1. The number of rotatable bonds is 6. The first-order valence-corrected chi connectivity index (χ1v) is 10.8. The number of amides is 1. The van der Waals surface area contributed by atoms with Crippen LogP contribution in [0, 0.1) is 5.82 Å². The largest absolute Gasteiger partial charge is 0.324 e. The maximum atomic E-state index is 13.3. The van der Waals surface area contributed by atoms with Crippen LogP contribution in [0.5, 0.6) is 0 Å². The van der Waals surface area contributed by atoms with E-state index in [9.17, 15) is 17.6 Å². The van der Waals surface area contributed by atoms with Gasteiger partial charge in [0.05, 0.1) is 23.0 Å². The van der Waals surface area contributed by atoms with E-state index in [2.05, 4.69) is 5.32 Å². The average molecular weight is 426 g/mol. The highest BCUT2D eigenvalue weighted by Crippen LogP contribution is 2.20. The lowest BCUT2D eigenvalue weighted by atomic mass is 10.2. The molecule has 1 amide bonds. The Morgan fingerprint density at radius 1 is 1.07 bits per heavy atom. The molecule has 1 heterocycles. The Morgan fingerprint density at radius 2 is 1.79 bits per heavy atom. The van der Waals surface area contributed by atoms with Crippen LogP contribution in [0.25, 0.3) is 0 Å². The fourth-order valence-electron chi connectivity index (χ4n) is 3.05. The Morgan fingerprint density at radius 3 is 2.46 bits per heavy atom. The summed E-state index contributed by atoms with van der Waals surface area (Å²) in [5.41, 5.74) is 0.965. The number of para-hydroxylation sites is 1. The molecule has 1 saturated heterocycles. The lowest BCUT2D eigenvalue weighted by Crippen LogP contribution is -2.50. The minimum absolute atomic E-state index is 0.156. The highest BCUT2D eigenvalue weighted by atomic mass is 35.5. The average Bonchev–Trinajstić information content (AvgIpc) is 2.64. The van der Waals surface area contributed by atoms with Crippen LogP contribution in [-0.4, -0.2) is 56.3 Å². The van der Waals surface area contributed by atoms with Crippen LogP contribution in [0.4, 0.5) is 10.1 Å². The number of sulfonamides is 1. The van der Waals surface area contributed by atoms with Crippen LogP contribution >= 0.6 is 11.6 Å². The minimum atomic E-state index is -3.54. The summed E-state index contributed by atoms with van der Waals surface area (Å²) >= 11 is 6.03. The van der Waals surface area contributed by atoms with E-state index >= 15 is 0 Å². The molecule has 1 N–H and O–H groups in total. The highest BCUT2D eigenvalue weighted by molar-refractivity contribution is 7.88. The van der Waals surface area contributed by atoms with Crippen molar-refractivity contribution in [3.8, 4) is 0 Å². The van der Waals surface area contributed by atoms with Crippen molar-refractivity contribution in [2.75, 3.05) is 38.0 Å². The summed E-state index contributed by atoms with van der Waals surface area (Å²) in [6, 6.07) is 12.6. The first kappa shape index (κ1) is 20.7. The van der Waals surface area contributed by atoms with Gasteiger partial charge in [0.2, 0.25) is 15.9 Å². The second-order valence-electron chi connectivity index (χ2n) is 6.59. The lowest BCUT2D eigenvalue weighted by molar-refractivity contribution is -0.117. The molecule has 0 bridgehead atoms. The van der Waals surface area contributed by atoms with Crippen molar-refractivity contribution in [3.63, 3.8) is 0 Å². The van der Waals surface area contributed by atoms with Crippen molar-refractivity contribution in [2.24, 2.45) is 0 Å². The van der Waals surface area contributed by atoms with Gasteiger partial charge in [-0.25, -0.2) is 12.8 Å². The van der Waals surface area contributed by atoms with Crippen molar-refractivity contribution in [3.05, 3.63) is 64.9 Å². The first-order chi connectivity index (χ1) is 13.3. The number of hydrogen-bond acceptors (Lipinski definition) is 4. The van der Waals surface area contributed by atoms with Crippen LogP contribution in [0.1, 0.15) is 5.56 Å². The molecule has 0 saturated carbocycles. The number of nitrogens with zero attached hydrogens (tertiary/aromatic N) is 2. The molecule has 1 aliphatic rings. The van der Waals surface area contributed by atoms with Crippen LogP contribution in [0.2, 0.25) is 5.02 Å². The number of hydrogen-bond donors (Lipinski definition) is 1. The van der Waals surface area contributed by atoms with Gasteiger partial charge in [0, 0.05) is 26.2 Å². The Hall–Kier alpha value is -2.00. The van der Waals surface area contributed by atoms with Gasteiger partial charge in [-0.2, -0.15) is 4.31 Å². The van der Waals surface area contributed by atoms with Gasteiger partial charge in [-0.1, -0.05) is 35.9 Å². The van der Waals surface area contributed by atoms with Gasteiger partial charge >= 0.3 is 0 Å². The number of nitrogens with one attached hydrogen (secondary N) is 1. The summed E-state index contributed by atoms with van der Waals surface area (Å²) in [6.45, 7) is 1.62. The first-order valence-electron chi connectivity index (χ1n) is 8.82. The van der Waals surface area contributed by atoms with Crippen molar-refractivity contribution < 1.29 is 17.6 Å². The van der Waals surface area contributed by atoms with Gasteiger partial charge in [-0.15, -0.1) is 0 Å². The molecule has 28 heavy (non-hydrogen) atoms. The SMILES string of the molecule is O=C(CN1CCN(S(=O)(=O)Cc2cccc(F)c2)CC1)Nc1ccccc1Cl. The van der Waals surface area contributed by atoms with E-state index in [4.69, 9.17) is 11.6 Å². The number of benzene rings is 2. The fourth-order valence-corrected chi connectivity index (χ4v) is 4.74. The monoisotopic (exact) mass is 425 g/mol. The molecular formula is C19H21ClFN3O3S. The molecule has 1 aliphatic heterocycles. The van der Waals surface area contributed by atoms with E-state index in [0.29, 0.717) is 29.4 Å². The molecule has 0 radical (unpaired) electrons. The van der Waals surface area contributed by atoms with E-state index < -0.39 is 15.8 Å². The number of carbonyl (C=O) groups is 1. The molecule has 0 aliphatic carbocycles. The highest BCUT2D eigenvalue weighted by Gasteiger charge is 2.28. The van der Waals surface area contributed by atoms with Gasteiger partial charge in [-0.05, 0) is 29.8 Å². The van der Waals surface area contributed by atoms with Gasteiger partial charge in [-0.3, -0.25) is 9.69 Å². The molecule has 2 aromatic carbocycles. The standard InChI is InChI=1S/C19H21ClFN3O3S/c20-17-6-1-2-7-18(17)22-19(25)13-23-8-10-24(11-9-23)28(26,27)14-15-4-3-5-16(21)12-15/h1-7,12H,8-11,13-14H2,(H,22,25). The van der Waals surface area contributed by atoms with Crippen molar-refractivity contribution >= 4 is 33.2 Å². The molecule has 6 nitrogen and oxygen atoms in total. The second-order valence-corrected chi connectivity index (χ2v) is 8.97. The van der Waals surface area contributed by atoms with E-state index in [0.717, 1.165) is 0 Å². The van der Waals surface area contributed by atoms with Crippen molar-refractivity contribution in [2.45, 2.75) is 5.75 Å². The predicted octanol–water partition coefficient (Wildman–Crippen LogP) is 2.57. The van der Waals surface area contributed by atoms with Crippen LogP contribution in [0.3, 0.4) is 0 Å². The quantitative estimate of drug-likeness (QED) is 0.772. The molecule has 2 aromatic rings.